The third kappa shape index (κ3) is 9.08. The summed E-state index contributed by atoms with van der Waals surface area (Å²) in [5.74, 6) is -6.26. The minimum atomic E-state index is -1.44. The van der Waals surface area contributed by atoms with Crippen LogP contribution in [0, 0.1) is 5.92 Å². The zero-order chi connectivity index (χ0) is 30.0. The Morgan fingerprint density at radius 1 is 0.950 bits per heavy atom. The average molecular weight is 561 g/mol. The number of hydrogen-bond acceptors (Lipinski definition) is 7. The molecule has 10 N–H and O–H groups in total. The highest BCUT2D eigenvalue weighted by Gasteiger charge is 2.33. The van der Waals surface area contributed by atoms with Crippen molar-refractivity contribution < 1.29 is 39.0 Å². The van der Waals surface area contributed by atoms with E-state index in [-0.39, 0.29) is 19.3 Å². The van der Waals surface area contributed by atoms with Crippen molar-refractivity contribution in [2.75, 3.05) is 0 Å². The topological polar surface area (TPSA) is 247 Å². The Bertz CT molecular complexity index is 1240. The van der Waals surface area contributed by atoms with Crippen LogP contribution in [0.2, 0.25) is 0 Å². The number of carbonyl (C=O) groups excluding carboxylic acids is 4. The summed E-state index contributed by atoms with van der Waals surface area (Å²) in [6, 6.07) is 1.97. The SMILES string of the molecule is CCC(C)C(NC(=O)C(N)CC(=O)O)C(=O)NC(Cc1c[nH]c2ccccc12)C(=O)NC(CCC(N)=O)C(=O)O. The van der Waals surface area contributed by atoms with E-state index < -0.39 is 72.1 Å². The second-order valence-electron chi connectivity index (χ2n) is 9.61. The van der Waals surface area contributed by atoms with Gasteiger partial charge in [0.15, 0.2) is 0 Å². The number of carbonyl (C=O) groups is 6. The molecule has 4 amide bonds. The third-order valence-corrected chi connectivity index (χ3v) is 6.55. The van der Waals surface area contributed by atoms with Crippen molar-refractivity contribution in [2.45, 2.75) is 70.1 Å². The summed E-state index contributed by atoms with van der Waals surface area (Å²) in [6.07, 6.45) is 0.891. The number of para-hydroxylation sites is 1. The second-order valence-corrected chi connectivity index (χ2v) is 9.61. The van der Waals surface area contributed by atoms with Gasteiger partial charge in [-0.15, -0.1) is 0 Å². The third-order valence-electron chi connectivity index (χ3n) is 6.55. The van der Waals surface area contributed by atoms with Crippen molar-refractivity contribution in [3.63, 3.8) is 0 Å². The Labute approximate surface area is 230 Å². The number of primary amides is 1. The normalized spacial score (nSPS) is 14.8. The van der Waals surface area contributed by atoms with Gasteiger partial charge < -0.3 is 42.6 Å². The fraction of sp³-hybridized carbons (Fsp3) is 0.462. The summed E-state index contributed by atoms with van der Waals surface area (Å²) in [5, 5.41) is 26.7. The summed E-state index contributed by atoms with van der Waals surface area (Å²) < 4.78 is 0. The number of aliphatic carboxylic acids is 2. The molecule has 1 aromatic carbocycles. The van der Waals surface area contributed by atoms with Gasteiger partial charge in [-0.2, -0.15) is 0 Å². The molecule has 5 unspecified atom stereocenters. The van der Waals surface area contributed by atoms with Crippen LogP contribution in [0.5, 0.6) is 0 Å². The summed E-state index contributed by atoms with van der Waals surface area (Å²) in [6.45, 7) is 3.47. The molecule has 0 spiro atoms. The maximum Gasteiger partial charge on any atom is 0.326 e. The van der Waals surface area contributed by atoms with Gasteiger partial charge in [0.2, 0.25) is 23.6 Å². The lowest BCUT2D eigenvalue weighted by atomic mass is 9.96. The molecule has 2 rings (SSSR count). The van der Waals surface area contributed by atoms with Gasteiger partial charge in [0.05, 0.1) is 12.5 Å². The number of rotatable bonds is 16. The molecule has 1 heterocycles. The van der Waals surface area contributed by atoms with E-state index in [1.807, 2.05) is 18.2 Å². The van der Waals surface area contributed by atoms with Gasteiger partial charge in [-0.3, -0.25) is 24.0 Å². The minimum absolute atomic E-state index is 0.0382. The van der Waals surface area contributed by atoms with Crippen molar-refractivity contribution >= 4 is 46.5 Å². The van der Waals surface area contributed by atoms with Crippen molar-refractivity contribution in [3.05, 3.63) is 36.0 Å². The van der Waals surface area contributed by atoms with Crippen LogP contribution in [-0.4, -0.2) is 74.9 Å². The number of aromatic amines is 1. The first kappa shape index (κ1) is 31.8. The molecule has 2 aromatic rings. The smallest absolute Gasteiger partial charge is 0.326 e. The highest BCUT2D eigenvalue weighted by atomic mass is 16.4. The van der Waals surface area contributed by atoms with Crippen LogP contribution in [0.25, 0.3) is 10.9 Å². The number of H-pyrrole nitrogens is 1. The first-order chi connectivity index (χ1) is 18.8. The molecule has 0 radical (unpaired) electrons. The van der Waals surface area contributed by atoms with Crippen molar-refractivity contribution in [2.24, 2.45) is 17.4 Å². The number of carboxylic acids is 2. The van der Waals surface area contributed by atoms with Gasteiger partial charge in [0, 0.05) is 29.9 Å². The number of fused-ring (bicyclic) bond motifs is 1. The van der Waals surface area contributed by atoms with Gasteiger partial charge in [0.25, 0.3) is 0 Å². The molecule has 0 fully saturated rings. The zero-order valence-electron chi connectivity index (χ0n) is 22.3. The quantitative estimate of drug-likeness (QED) is 0.130. The summed E-state index contributed by atoms with van der Waals surface area (Å²) >= 11 is 0. The number of hydrogen-bond donors (Lipinski definition) is 8. The van der Waals surface area contributed by atoms with Crippen LogP contribution < -0.4 is 27.4 Å². The van der Waals surface area contributed by atoms with Gasteiger partial charge in [-0.05, 0) is 24.0 Å². The minimum Gasteiger partial charge on any atom is -0.481 e. The van der Waals surface area contributed by atoms with Gasteiger partial charge in [-0.1, -0.05) is 38.5 Å². The molecule has 5 atom stereocenters. The van der Waals surface area contributed by atoms with Crippen LogP contribution in [0.15, 0.2) is 30.5 Å². The Hall–Kier alpha value is -4.46. The number of nitrogens with two attached hydrogens (primary N) is 2. The summed E-state index contributed by atoms with van der Waals surface area (Å²) in [4.78, 5) is 76.2. The van der Waals surface area contributed by atoms with E-state index in [0.717, 1.165) is 10.9 Å². The first-order valence-corrected chi connectivity index (χ1v) is 12.8. The Morgan fingerprint density at radius 2 is 1.60 bits per heavy atom. The molecule has 1 aromatic heterocycles. The fourth-order valence-electron chi connectivity index (χ4n) is 4.05. The average Bonchev–Trinajstić information content (AvgIpc) is 3.30. The number of nitrogens with one attached hydrogen (secondary N) is 4. The highest BCUT2D eigenvalue weighted by Crippen LogP contribution is 2.20. The van der Waals surface area contributed by atoms with E-state index in [9.17, 15) is 33.9 Å². The molecule has 40 heavy (non-hydrogen) atoms. The van der Waals surface area contributed by atoms with E-state index >= 15 is 0 Å². The van der Waals surface area contributed by atoms with Crippen molar-refractivity contribution in [1.29, 1.82) is 0 Å². The van der Waals surface area contributed by atoms with E-state index in [2.05, 4.69) is 20.9 Å². The Balaban J connectivity index is 2.34. The maximum atomic E-state index is 13.4. The lowest BCUT2D eigenvalue weighted by Gasteiger charge is -2.28. The van der Waals surface area contributed by atoms with Crippen molar-refractivity contribution in [1.82, 2.24) is 20.9 Å². The Morgan fingerprint density at radius 3 is 2.20 bits per heavy atom. The molecular formula is C26H36N6O8. The zero-order valence-corrected chi connectivity index (χ0v) is 22.3. The van der Waals surface area contributed by atoms with E-state index in [1.165, 1.54) is 0 Å². The molecule has 0 aliphatic rings. The van der Waals surface area contributed by atoms with Crippen LogP contribution in [0.1, 0.15) is 45.1 Å². The molecule has 0 saturated carbocycles. The van der Waals surface area contributed by atoms with Gasteiger partial charge >= 0.3 is 11.9 Å². The predicted molar refractivity (Wildman–Crippen MR) is 144 cm³/mol. The molecule has 14 heteroatoms. The number of amides is 4. The predicted octanol–water partition coefficient (Wildman–Crippen LogP) is -0.637. The summed E-state index contributed by atoms with van der Waals surface area (Å²) in [7, 11) is 0. The lowest BCUT2D eigenvalue weighted by Crippen LogP contribution is -2.59. The van der Waals surface area contributed by atoms with Crippen molar-refractivity contribution in [3.8, 4) is 0 Å². The molecule has 14 nitrogen and oxygen atoms in total. The molecule has 0 bridgehead atoms. The Kier molecular flexibility index (Phi) is 11.6. The number of aromatic nitrogens is 1. The van der Waals surface area contributed by atoms with Gasteiger partial charge in [-0.25, -0.2) is 4.79 Å². The van der Waals surface area contributed by atoms with Gasteiger partial charge in [0.1, 0.15) is 18.1 Å². The number of carboxylic acid groups (broad SMARTS) is 2. The molecule has 0 aliphatic heterocycles. The molecular weight excluding hydrogens is 524 g/mol. The van der Waals surface area contributed by atoms with E-state index in [1.54, 1.807) is 26.1 Å². The largest absolute Gasteiger partial charge is 0.481 e. The monoisotopic (exact) mass is 560 g/mol. The molecule has 218 valence electrons. The van der Waals surface area contributed by atoms with E-state index in [4.69, 9.17) is 16.6 Å². The fourth-order valence-corrected chi connectivity index (χ4v) is 4.05. The van der Waals surface area contributed by atoms with Crippen LogP contribution in [-0.2, 0) is 35.2 Å². The first-order valence-electron chi connectivity index (χ1n) is 12.8. The number of benzene rings is 1. The summed E-state index contributed by atoms with van der Waals surface area (Å²) in [5.41, 5.74) is 12.2. The van der Waals surface area contributed by atoms with Crippen LogP contribution in [0.3, 0.4) is 0 Å². The van der Waals surface area contributed by atoms with Crippen LogP contribution in [0.4, 0.5) is 0 Å². The second kappa shape index (κ2) is 14.6. The standard InChI is InChI=1S/C26H36N6O8/c1-3-13(2)22(32-23(36)16(27)11-21(34)35)25(38)31-19(10-14-12-29-17-7-5-4-6-15(14)17)24(37)30-18(26(39)40)8-9-20(28)33/h4-7,12-13,16,18-19,22,29H,3,8-11,27H2,1-2H3,(H2,28,33)(H,30,37)(H,31,38)(H,32,36)(H,34,35)(H,39,40). The van der Waals surface area contributed by atoms with E-state index in [0.29, 0.717) is 12.0 Å². The molecule has 0 saturated heterocycles. The van der Waals surface area contributed by atoms with Crippen LogP contribution >= 0.6 is 0 Å². The molecule has 0 aliphatic carbocycles. The lowest BCUT2D eigenvalue weighted by molar-refractivity contribution is -0.142. The maximum absolute atomic E-state index is 13.4. The highest BCUT2D eigenvalue weighted by molar-refractivity contribution is 5.95.